The molecule has 0 spiro atoms. The largest absolute Gasteiger partial charge is 0.478 e. The zero-order chi connectivity index (χ0) is 18.8. The quantitative estimate of drug-likeness (QED) is 0.579. The molecule has 3 rings (SSSR count). The molecule has 0 fully saturated rings. The Labute approximate surface area is 158 Å². The number of hydrogen-bond donors (Lipinski definition) is 0. The van der Waals surface area contributed by atoms with Crippen LogP contribution in [-0.4, -0.2) is 23.7 Å². The van der Waals surface area contributed by atoms with E-state index in [-0.39, 0.29) is 23.5 Å². The van der Waals surface area contributed by atoms with Crippen LogP contribution in [0.4, 0.5) is 5.69 Å². The number of anilines is 1. The van der Waals surface area contributed by atoms with E-state index in [1.54, 1.807) is 23.1 Å². The highest BCUT2D eigenvalue weighted by Crippen LogP contribution is 2.37. The van der Waals surface area contributed by atoms with E-state index >= 15 is 0 Å². The van der Waals surface area contributed by atoms with Crippen molar-refractivity contribution in [2.75, 3.05) is 10.8 Å². The standard InChI is InChI=1S/C21H22ClNO3/c1-13(2)20-21(25)23(12-15-6-4-14(3)5-7-15)17-10-16(18(24)11-22)8-9-19(17)26-20/h4-10,13,20H,11-12H2,1-3H3. The average molecular weight is 372 g/mol. The molecule has 5 heteroatoms. The molecular formula is C21H22ClNO3. The van der Waals surface area contributed by atoms with Crippen molar-refractivity contribution in [3.8, 4) is 5.75 Å². The zero-order valence-electron chi connectivity index (χ0n) is 15.2. The second kappa shape index (κ2) is 7.50. The lowest BCUT2D eigenvalue weighted by Crippen LogP contribution is -2.48. The number of benzene rings is 2. The van der Waals surface area contributed by atoms with Crippen molar-refractivity contribution in [1.82, 2.24) is 0 Å². The molecule has 1 aliphatic rings. The van der Waals surface area contributed by atoms with Gasteiger partial charge in [-0.05, 0) is 36.6 Å². The third-order valence-electron chi connectivity index (χ3n) is 4.52. The molecule has 1 aliphatic heterocycles. The Balaban J connectivity index is 2.03. The molecule has 1 heterocycles. The van der Waals surface area contributed by atoms with Gasteiger partial charge in [0, 0.05) is 5.56 Å². The summed E-state index contributed by atoms with van der Waals surface area (Å²) in [5.74, 6) is 0.286. The van der Waals surface area contributed by atoms with E-state index in [1.165, 1.54) is 0 Å². The molecule has 1 atom stereocenters. The maximum Gasteiger partial charge on any atom is 0.268 e. The molecule has 0 N–H and O–H groups in total. The van der Waals surface area contributed by atoms with Crippen LogP contribution in [0.2, 0.25) is 0 Å². The van der Waals surface area contributed by atoms with Gasteiger partial charge < -0.3 is 9.64 Å². The highest BCUT2D eigenvalue weighted by Gasteiger charge is 2.36. The van der Waals surface area contributed by atoms with Crippen molar-refractivity contribution in [3.05, 3.63) is 59.2 Å². The van der Waals surface area contributed by atoms with Gasteiger partial charge in [0.1, 0.15) is 5.75 Å². The number of ketones is 1. The lowest BCUT2D eigenvalue weighted by Gasteiger charge is -2.36. The Morgan fingerprint density at radius 2 is 1.88 bits per heavy atom. The second-order valence-electron chi connectivity index (χ2n) is 6.93. The first-order chi connectivity index (χ1) is 12.4. The fraction of sp³-hybridized carbons (Fsp3) is 0.333. The summed E-state index contributed by atoms with van der Waals surface area (Å²) in [6.45, 7) is 6.38. The van der Waals surface area contributed by atoms with Crippen LogP contribution < -0.4 is 9.64 Å². The maximum absolute atomic E-state index is 13.0. The summed E-state index contributed by atoms with van der Waals surface area (Å²) in [7, 11) is 0. The molecule has 0 aromatic heterocycles. The van der Waals surface area contributed by atoms with Crippen LogP contribution in [0.1, 0.15) is 35.3 Å². The number of carbonyl (C=O) groups excluding carboxylic acids is 2. The van der Waals surface area contributed by atoms with Gasteiger partial charge in [-0.25, -0.2) is 0 Å². The molecule has 2 aromatic carbocycles. The zero-order valence-corrected chi connectivity index (χ0v) is 15.9. The molecule has 0 radical (unpaired) electrons. The number of hydrogen-bond acceptors (Lipinski definition) is 3. The first kappa shape index (κ1) is 18.5. The van der Waals surface area contributed by atoms with Gasteiger partial charge in [-0.3, -0.25) is 9.59 Å². The van der Waals surface area contributed by atoms with Crippen molar-refractivity contribution in [3.63, 3.8) is 0 Å². The predicted octanol–water partition coefficient (Wildman–Crippen LogP) is 4.37. The number of rotatable bonds is 5. The van der Waals surface area contributed by atoms with Gasteiger partial charge in [-0.2, -0.15) is 0 Å². The van der Waals surface area contributed by atoms with E-state index in [9.17, 15) is 9.59 Å². The summed E-state index contributed by atoms with van der Waals surface area (Å²) < 4.78 is 5.93. The van der Waals surface area contributed by atoms with Crippen molar-refractivity contribution in [1.29, 1.82) is 0 Å². The first-order valence-electron chi connectivity index (χ1n) is 8.67. The molecule has 0 saturated heterocycles. The number of Topliss-reactive ketones (excluding diaryl/α,β-unsaturated/α-hetero) is 1. The number of nitrogens with zero attached hydrogens (tertiary/aromatic N) is 1. The Morgan fingerprint density at radius 3 is 2.50 bits per heavy atom. The lowest BCUT2D eigenvalue weighted by molar-refractivity contribution is -0.128. The SMILES string of the molecule is Cc1ccc(CN2C(=O)C(C(C)C)Oc3ccc(C(=O)CCl)cc32)cc1. The smallest absolute Gasteiger partial charge is 0.268 e. The fourth-order valence-corrected chi connectivity index (χ4v) is 3.15. The third-order valence-corrected chi connectivity index (χ3v) is 4.77. The highest BCUT2D eigenvalue weighted by atomic mass is 35.5. The van der Waals surface area contributed by atoms with Crippen molar-refractivity contribution >= 4 is 29.0 Å². The highest BCUT2D eigenvalue weighted by molar-refractivity contribution is 6.30. The Kier molecular flexibility index (Phi) is 5.33. The molecule has 1 unspecified atom stereocenters. The Morgan fingerprint density at radius 1 is 1.19 bits per heavy atom. The van der Waals surface area contributed by atoms with Crippen LogP contribution in [0.5, 0.6) is 5.75 Å². The predicted molar refractivity (Wildman–Crippen MR) is 103 cm³/mol. The van der Waals surface area contributed by atoms with Crippen LogP contribution in [0, 0.1) is 12.8 Å². The summed E-state index contributed by atoms with van der Waals surface area (Å²) in [4.78, 5) is 26.7. The van der Waals surface area contributed by atoms with E-state index in [0.29, 0.717) is 23.5 Å². The molecule has 0 saturated carbocycles. The molecule has 0 bridgehead atoms. The molecule has 2 aromatic rings. The molecule has 1 amide bonds. The molecule has 26 heavy (non-hydrogen) atoms. The third kappa shape index (κ3) is 3.61. The number of alkyl halides is 1. The van der Waals surface area contributed by atoms with Crippen molar-refractivity contribution in [2.45, 2.75) is 33.4 Å². The summed E-state index contributed by atoms with van der Waals surface area (Å²) in [5.41, 5.74) is 3.28. The van der Waals surface area contributed by atoms with Gasteiger partial charge in [0.25, 0.3) is 5.91 Å². The number of aryl methyl sites for hydroxylation is 1. The van der Waals surface area contributed by atoms with Crippen LogP contribution in [0.25, 0.3) is 0 Å². The van der Waals surface area contributed by atoms with Gasteiger partial charge in [-0.15, -0.1) is 11.6 Å². The van der Waals surface area contributed by atoms with E-state index in [2.05, 4.69) is 0 Å². The molecule has 0 aliphatic carbocycles. The minimum Gasteiger partial charge on any atom is -0.478 e. The monoisotopic (exact) mass is 371 g/mol. The molecule has 136 valence electrons. The Bertz CT molecular complexity index is 830. The number of carbonyl (C=O) groups is 2. The summed E-state index contributed by atoms with van der Waals surface area (Å²) in [5, 5.41) is 0. The van der Waals surface area contributed by atoms with Gasteiger partial charge >= 0.3 is 0 Å². The number of ether oxygens (including phenoxy) is 1. The number of halogens is 1. The van der Waals surface area contributed by atoms with Gasteiger partial charge in [-0.1, -0.05) is 43.7 Å². The topological polar surface area (TPSA) is 46.6 Å². The number of fused-ring (bicyclic) bond motifs is 1. The number of amides is 1. The first-order valence-corrected chi connectivity index (χ1v) is 9.21. The van der Waals surface area contributed by atoms with E-state index in [0.717, 1.165) is 11.1 Å². The normalized spacial score (nSPS) is 16.4. The average Bonchev–Trinajstić information content (AvgIpc) is 2.64. The van der Waals surface area contributed by atoms with E-state index < -0.39 is 6.10 Å². The summed E-state index contributed by atoms with van der Waals surface area (Å²) >= 11 is 5.68. The van der Waals surface area contributed by atoms with Crippen LogP contribution >= 0.6 is 11.6 Å². The lowest BCUT2D eigenvalue weighted by atomic mass is 10.0. The van der Waals surface area contributed by atoms with Gasteiger partial charge in [0.15, 0.2) is 11.9 Å². The fourth-order valence-electron chi connectivity index (χ4n) is 3.00. The summed E-state index contributed by atoms with van der Waals surface area (Å²) in [6.07, 6.45) is -0.539. The van der Waals surface area contributed by atoms with Crippen molar-refractivity contribution in [2.24, 2.45) is 5.92 Å². The molecule has 4 nitrogen and oxygen atoms in total. The minimum absolute atomic E-state index is 0.0420. The Hall–Kier alpha value is -2.33. The van der Waals surface area contributed by atoms with Crippen LogP contribution in [0.3, 0.4) is 0 Å². The van der Waals surface area contributed by atoms with Crippen LogP contribution in [-0.2, 0) is 11.3 Å². The van der Waals surface area contributed by atoms with Gasteiger partial charge in [0.05, 0.1) is 18.1 Å². The maximum atomic E-state index is 13.0. The van der Waals surface area contributed by atoms with Crippen molar-refractivity contribution < 1.29 is 14.3 Å². The second-order valence-corrected chi connectivity index (χ2v) is 7.20. The van der Waals surface area contributed by atoms with E-state index in [4.69, 9.17) is 16.3 Å². The summed E-state index contributed by atoms with van der Waals surface area (Å²) in [6, 6.07) is 13.2. The molecular weight excluding hydrogens is 350 g/mol. The minimum atomic E-state index is -0.539. The van der Waals surface area contributed by atoms with Crippen LogP contribution in [0.15, 0.2) is 42.5 Å². The van der Waals surface area contributed by atoms with E-state index in [1.807, 2.05) is 45.0 Å². The van der Waals surface area contributed by atoms with Gasteiger partial charge in [0.2, 0.25) is 0 Å².